The monoisotopic (exact) mass is 402 g/mol. The molecule has 0 radical (unpaired) electrons. The molecule has 0 atom stereocenters. The van der Waals surface area contributed by atoms with Crippen LogP contribution in [-0.4, -0.2) is 38.6 Å². The molecule has 3 rings (SSSR count). The maximum Gasteiger partial charge on any atom is 0.279 e. The zero-order valence-electron chi connectivity index (χ0n) is 14.8. The Morgan fingerprint density at radius 2 is 1.80 bits per heavy atom. The van der Waals surface area contributed by atoms with E-state index in [1.54, 1.807) is 0 Å². The number of carbonyl (C=O) groups is 1. The number of nitrogens with one attached hydrogen (secondary N) is 2. The SMILES string of the molecule is Cc1cccc(N2CC[NH+](CC(=O)Nc3ccc(Br)cc3)CC2)c1C. The third kappa shape index (κ3) is 4.61. The van der Waals surface area contributed by atoms with Gasteiger partial charge in [-0.25, -0.2) is 0 Å². The third-order valence-electron chi connectivity index (χ3n) is 4.93. The number of rotatable bonds is 4. The molecular weight excluding hydrogens is 378 g/mol. The average Bonchev–Trinajstić information content (AvgIpc) is 2.60. The van der Waals surface area contributed by atoms with Gasteiger partial charge in [0.15, 0.2) is 6.54 Å². The number of benzene rings is 2. The van der Waals surface area contributed by atoms with Gasteiger partial charge in [0, 0.05) is 15.8 Å². The molecular formula is C20H25BrN3O+. The second-order valence-corrected chi connectivity index (χ2v) is 7.60. The predicted octanol–water partition coefficient (Wildman–Crippen LogP) is 2.41. The van der Waals surface area contributed by atoms with Crippen LogP contribution >= 0.6 is 15.9 Å². The van der Waals surface area contributed by atoms with Crippen molar-refractivity contribution in [2.24, 2.45) is 0 Å². The number of carbonyl (C=O) groups excluding carboxylic acids is 1. The number of anilines is 2. The molecule has 1 fully saturated rings. The van der Waals surface area contributed by atoms with Gasteiger partial charge in [0.05, 0.1) is 26.2 Å². The smallest absolute Gasteiger partial charge is 0.279 e. The summed E-state index contributed by atoms with van der Waals surface area (Å²) < 4.78 is 1.01. The zero-order chi connectivity index (χ0) is 17.8. The molecule has 1 heterocycles. The molecule has 2 aromatic rings. The molecule has 0 aliphatic carbocycles. The van der Waals surface area contributed by atoms with Crippen molar-refractivity contribution in [3.63, 3.8) is 0 Å². The van der Waals surface area contributed by atoms with Gasteiger partial charge in [-0.3, -0.25) is 4.79 Å². The maximum atomic E-state index is 12.3. The lowest BCUT2D eigenvalue weighted by molar-refractivity contribution is -0.892. The van der Waals surface area contributed by atoms with Crippen molar-refractivity contribution in [3.8, 4) is 0 Å². The summed E-state index contributed by atoms with van der Waals surface area (Å²) in [6.45, 7) is 8.83. The van der Waals surface area contributed by atoms with E-state index in [1.165, 1.54) is 21.7 Å². The molecule has 25 heavy (non-hydrogen) atoms. The van der Waals surface area contributed by atoms with Gasteiger partial charge in [0.2, 0.25) is 0 Å². The number of halogens is 1. The number of hydrogen-bond donors (Lipinski definition) is 2. The van der Waals surface area contributed by atoms with E-state index in [4.69, 9.17) is 0 Å². The molecule has 4 nitrogen and oxygen atoms in total. The first kappa shape index (κ1) is 18.0. The highest BCUT2D eigenvalue weighted by molar-refractivity contribution is 9.10. The van der Waals surface area contributed by atoms with Crippen LogP contribution in [0.1, 0.15) is 11.1 Å². The van der Waals surface area contributed by atoms with Crippen molar-refractivity contribution >= 4 is 33.2 Å². The number of piperazine rings is 1. The van der Waals surface area contributed by atoms with E-state index in [2.05, 4.69) is 58.2 Å². The molecule has 2 aromatic carbocycles. The van der Waals surface area contributed by atoms with Crippen LogP contribution in [-0.2, 0) is 4.79 Å². The first-order valence-corrected chi connectivity index (χ1v) is 9.52. The summed E-state index contributed by atoms with van der Waals surface area (Å²) in [6.07, 6.45) is 0. The van der Waals surface area contributed by atoms with Crippen LogP contribution in [0.4, 0.5) is 11.4 Å². The quantitative estimate of drug-likeness (QED) is 0.823. The number of quaternary nitrogens is 1. The Morgan fingerprint density at radius 3 is 2.48 bits per heavy atom. The standard InChI is InChI=1S/C20H24BrN3O/c1-15-4-3-5-19(16(15)2)24-12-10-23(11-13-24)14-20(25)22-18-8-6-17(21)7-9-18/h3-9H,10-14H2,1-2H3,(H,22,25)/p+1. The minimum Gasteiger partial charge on any atom is -0.360 e. The zero-order valence-corrected chi connectivity index (χ0v) is 16.4. The van der Waals surface area contributed by atoms with E-state index in [1.807, 2.05) is 24.3 Å². The van der Waals surface area contributed by atoms with Gasteiger partial charge in [0.25, 0.3) is 5.91 Å². The molecule has 1 amide bonds. The van der Waals surface area contributed by atoms with Crippen LogP contribution in [0.2, 0.25) is 0 Å². The number of amides is 1. The van der Waals surface area contributed by atoms with Gasteiger partial charge in [-0.05, 0) is 55.3 Å². The summed E-state index contributed by atoms with van der Waals surface area (Å²) in [4.78, 5) is 16.0. The van der Waals surface area contributed by atoms with Crippen LogP contribution in [0.25, 0.3) is 0 Å². The third-order valence-corrected chi connectivity index (χ3v) is 5.45. The molecule has 0 unspecified atom stereocenters. The average molecular weight is 403 g/mol. The molecule has 0 aromatic heterocycles. The molecule has 1 saturated heterocycles. The Labute approximate surface area is 158 Å². The Balaban J connectivity index is 1.51. The van der Waals surface area contributed by atoms with E-state index in [0.29, 0.717) is 6.54 Å². The minimum absolute atomic E-state index is 0.0810. The first-order chi connectivity index (χ1) is 12.0. The van der Waals surface area contributed by atoms with Crippen molar-refractivity contribution in [1.29, 1.82) is 0 Å². The van der Waals surface area contributed by atoms with Crippen LogP contribution in [0.15, 0.2) is 46.9 Å². The largest absolute Gasteiger partial charge is 0.360 e. The lowest BCUT2D eigenvalue weighted by atomic mass is 10.1. The topological polar surface area (TPSA) is 36.8 Å². The van der Waals surface area contributed by atoms with Gasteiger partial charge >= 0.3 is 0 Å². The van der Waals surface area contributed by atoms with Crippen molar-refractivity contribution in [2.75, 3.05) is 42.9 Å². The van der Waals surface area contributed by atoms with E-state index in [0.717, 1.165) is 36.3 Å². The van der Waals surface area contributed by atoms with Crippen LogP contribution in [0, 0.1) is 13.8 Å². The molecule has 132 valence electrons. The van der Waals surface area contributed by atoms with Gasteiger partial charge in [-0.2, -0.15) is 0 Å². The molecule has 1 aliphatic rings. The number of nitrogens with zero attached hydrogens (tertiary/aromatic N) is 1. The van der Waals surface area contributed by atoms with Gasteiger partial charge in [-0.1, -0.05) is 28.1 Å². The summed E-state index contributed by atoms with van der Waals surface area (Å²) in [5.74, 6) is 0.0810. The van der Waals surface area contributed by atoms with Crippen LogP contribution in [0.5, 0.6) is 0 Å². The molecule has 1 aliphatic heterocycles. The predicted molar refractivity (Wildman–Crippen MR) is 106 cm³/mol. The summed E-state index contributed by atoms with van der Waals surface area (Å²) >= 11 is 3.40. The Bertz CT molecular complexity index is 737. The van der Waals surface area contributed by atoms with E-state index >= 15 is 0 Å². The molecule has 5 heteroatoms. The number of aryl methyl sites for hydroxylation is 1. The number of hydrogen-bond acceptors (Lipinski definition) is 2. The van der Waals surface area contributed by atoms with Gasteiger partial charge < -0.3 is 15.1 Å². The molecule has 2 N–H and O–H groups in total. The molecule has 0 bridgehead atoms. The second kappa shape index (κ2) is 8.02. The highest BCUT2D eigenvalue weighted by Gasteiger charge is 2.23. The normalized spacial score (nSPS) is 15.2. The minimum atomic E-state index is 0.0810. The van der Waals surface area contributed by atoms with Gasteiger partial charge in [0.1, 0.15) is 0 Å². The first-order valence-electron chi connectivity index (χ1n) is 8.73. The summed E-state index contributed by atoms with van der Waals surface area (Å²) in [5.41, 5.74) is 4.88. The fourth-order valence-electron chi connectivity index (χ4n) is 3.28. The maximum absolute atomic E-state index is 12.3. The van der Waals surface area contributed by atoms with E-state index < -0.39 is 0 Å². The summed E-state index contributed by atoms with van der Waals surface area (Å²) in [7, 11) is 0. The summed E-state index contributed by atoms with van der Waals surface area (Å²) in [6, 6.07) is 14.2. The fraction of sp³-hybridized carbons (Fsp3) is 0.350. The summed E-state index contributed by atoms with van der Waals surface area (Å²) in [5, 5.41) is 2.98. The van der Waals surface area contributed by atoms with Crippen molar-refractivity contribution in [1.82, 2.24) is 0 Å². The van der Waals surface area contributed by atoms with Crippen LogP contribution in [0.3, 0.4) is 0 Å². The van der Waals surface area contributed by atoms with Crippen molar-refractivity contribution < 1.29 is 9.69 Å². The Hall–Kier alpha value is -1.85. The second-order valence-electron chi connectivity index (χ2n) is 6.69. The Kier molecular flexibility index (Phi) is 5.76. The molecule has 0 spiro atoms. The highest BCUT2D eigenvalue weighted by atomic mass is 79.9. The Morgan fingerprint density at radius 1 is 1.12 bits per heavy atom. The van der Waals surface area contributed by atoms with Crippen molar-refractivity contribution in [2.45, 2.75) is 13.8 Å². The fourth-order valence-corrected chi connectivity index (χ4v) is 3.55. The van der Waals surface area contributed by atoms with Crippen molar-refractivity contribution in [3.05, 3.63) is 58.1 Å². The molecule has 0 saturated carbocycles. The lowest BCUT2D eigenvalue weighted by Gasteiger charge is -2.34. The highest BCUT2D eigenvalue weighted by Crippen LogP contribution is 2.22. The lowest BCUT2D eigenvalue weighted by Crippen LogP contribution is -3.15. The van der Waals surface area contributed by atoms with Gasteiger partial charge in [-0.15, -0.1) is 0 Å². The van der Waals surface area contributed by atoms with E-state index in [9.17, 15) is 4.79 Å². The van der Waals surface area contributed by atoms with Crippen LogP contribution < -0.4 is 15.1 Å². The van der Waals surface area contributed by atoms with E-state index in [-0.39, 0.29) is 5.91 Å².